The third-order valence-electron chi connectivity index (χ3n) is 2.42. The fourth-order valence-corrected chi connectivity index (χ4v) is 1.76. The van der Waals surface area contributed by atoms with Crippen LogP contribution in [-0.4, -0.2) is 22.1 Å². The number of alkyl halides is 3. The molecule has 0 bridgehead atoms. The maximum atomic E-state index is 12.5. The lowest BCUT2D eigenvalue weighted by atomic mass is 10.2. The highest BCUT2D eigenvalue weighted by Gasteiger charge is 2.31. The molecular formula is C12H9ClF3N3O. The van der Waals surface area contributed by atoms with Crippen LogP contribution in [0.2, 0.25) is 5.02 Å². The minimum absolute atomic E-state index is 0.0710. The van der Waals surface area contributed by atoms with E-state index in [1.165, 1.54) is 7.11 Å². The molecule has 0 N–H and O–H groups in total. The van der Waals surface area contributed by atoms with Crippen molar-refractivity contribution in [1.29, 1.82) is 0 Å². The van der Waals surface area contributed by atoms with Crippen molar-refractivity contribution in [3.8, 4) is 17.4 Å². The number of methoxy groups -OCH3 is 1. The first-order valence-electron chi connectivity index (χ1n) is 5.44. The lowest BCUT2D eigenvalue weighted by Crippen LogP contribution is -2.06. The van der Waals surface area contributed by atoms with E-state index in [2.05, 4.69) is 15.0 Å². The Morgan fingerprint density at radius 1 is 1.20 bits per heavy atom. The van der Waals surface area contributed by atoms with Gasteiger partial charge in [0.05, 0.1) is 17.7 Å². The molecule has 2 aromatic rings. The van der Waals surface area contributed by atoms with E-state index in [4.69, 9.17) is 16.3 Å². The molecule has 2 rings (SSSR count). The van der Waals surface area contributed by atoms with Crippen LogP contribution in [0.15, 0.2) is 18.3 Å². The molecule has 0 fully saturated rings. The van der Waals surface area contributed by atoms with Crippen molar-refractivity contribution in [3.63, 3.8) is 0 Å². The quantitative estimate of drug-likeness (QED) is 0.851. The number of pyridine rings is 1. The van der Waals surface area contributed by atoms with Gasteiger partial charge in [0.15, 0.2) is 5.82 Å². The molecular weight excluding hydrogens is 295 g/mol. The first kappa shape index (κ1) is 14.5. The van der Waals surface area contributed by atoms with Gasteiger partial charge in [-0.2, -0.15) is 18.2 Å². The summed E-state index contributed by atoms with van der Waals surface area (Å²) in [5.74, 6) is 0.394. The zero-order valence-electron chi connectivity index (χ0n) is 10.5. The summed E-state index contributed by atoms with van der Waals surface area (Å²) in [7, 11) is 1.42. The Balaban J connectivity index is 2.51. The zero-order valence-corrected chi connectivity index (χ0v) is 11.2. The van der Waals surface area contributed by atoms with Gasteiger partial charge >= 0.3 is 6.18 Å². The largest absolute Gasteiger partial charge is 0.481 e. The third kappa shape index (κ3) is 2.98. The monoisotopic (exact) mass is 303 g/mol. The Morgan fingerprint density at radius 2 is 1.90 bits per heavy atom. The van der Waals surface area contributed by atoms with Gasteiger partial charge in [-0.15, -0.1) is 0 Å². The van der Waals surface area contributed by atoms with Crippen molar-refractivity contribution < 1.29 is 17.9 Å². The second-order valence-electron chi connectivity index (χ2n) is 3.93. The van der Waals surface area contributed by atoms with Gasteiger partial charge in [0, 0.05) is 18.0 Å². The number of ether oxygens (including phenoxy) is 1. The van der Waals surface area contributed by atoms with Crippen molar-refractivity contribution in [2.75, 3.05) is 7.11 Å². The van der Waals surface area contributed by atoms with E-state index < -0.39 is 11.7 Å². The molecule has 0 aliphatic rings. The van der Waals surface area contributed by atoms with E-state index in [0.29, 0.717) is 11.9 Å². The number of aryl methyl sites for hydroxylation is 1. The van der Waals surface area contributed by atoms with Gasteiger partial charge in [-0.25, -0.2) is 4.98 Å². The minimum atomic E-state index is -4.50. The van der Waals surface area contributed by atoms with E-state index in [-0.39, 0.29) is 22.4 Å². The average Bonchev–Trinajstić information content (AvgIpc) is 2.36. The maximum absolute atomic E-state index is 12.5. The van der Waals surface area contributed by atoms with Gasteiger partial charge < -0.3 is 4.74 Å². The first-order chi connectivity index (χ1) is 9.31. The normalized spacial score (nSPS) is 11.5. The molecule has 20 heavy (non-hydrogen) atoms. The number of hydrogen-bond donors (Lipinski definition) is 0. The van der Waals surface area contributed by atoms with E-state index in [1.807, 2.05) is 0 Å². The number of aromatic nitrogens is 3. The highest BCUT2D eigenvalue weighted by atomic mass is 35.5. The highest BCUT2D eigenvalue weighted by Crippen LogP contribution is 2.33. The van der Waals surface area contributed by atoms with E-state index in [9.17, 15) is 13.2 Å². The molecule has 0 radical (unpaired) electrons. The van der Waals surface area contributed by atoms with Crippen LogP contribution in [0.5, 0.6) is 5.88 Å². The molecule has 2 aromatic heterocycles. The van der Waals surface area contributed by atoms with Crippen molar-refractivity contribution in [3.05, 3.63) is 34.6 Å². The summed E-state index contributed by atoms with van der Waals surface area (Å²) in [6.07, 6.45) is -3.81. The fraction of sp³-hybridized carbons (Fsp3) is 0.250. The van der Waals surface area contributed by atoms with Crippen LogP contribution in [0, 0.1) is 6.92 Å². The summed E-state index contributed by atoms with van der Waals surface area (Å²) >= 11 is 5.83. The summed E-state index contributed by atoms with van der Waals surface area (Å²) in [6.45, 7) is 1.70. The van der Waals surface area contributed by atoms with Crippen LogP contribution >= 0.6 is 11.6 Å². The van der Waals surface area contributed by atoms with Gasteiger partial charge in [-0.05, 0) is 13.0 Å². The van der Waals surface area contributed by atoms with Crippen molar-refractivity contribution in [2.24, 2.45) is 0 Å². The van der Waals surface area contributed by atoms with Gasteiger partial charge in [0.2, 0.25) is 5.88 Å². The molecule has 0 aromatic carbocycles. The summed E-state index contributed by atoms with van der Waals surface area (Å²) in [4.78, 5) is 11.8. The Kier molecular flexibility index (Phi) is 3.80. The minimum Gasteiger partial charge on any atom is -0.481 e. The lowest BCUT2D eigenvalue weighted by molar-refractivity contribution is -0.137. The number of rotatable bonds is 2. The van der Waals surface area contributed by atoms with Crippen LogP contribution in [0.25, 0.3) is 11.5 Å². The third-order valence-corrected chi connectivity index (χ3v) is 2.71. The lowest BCUT2D eigenvalue weighted by Gasteiger charge is -2.09. The summed E-state index contributed by atoms with van der Waals surface area (Å²) < 4.78 is 42.6. The summed E-state index contributed by atoms with van der Waals surface area (Å²) in [5, 5.41) is -0.174. The molecule has 0 saturated carbocycles. The van der Waals surface area contributed by atoms with Gasteiger partial charge in [0.25, 0.3) is 0 Å². The highest BCUT2D eigenvalue weighted by molar-refractivity contribution is 6.32. The Bertz CT molecular complexity index is 646. The SMILES string of the molecule is COc1cc(C)nc(-c2ncc(C(F)(F)F)cc2Cl)n1. The smallest absolute Gasteiger partial charge is 0.417 e. The van der Waals surface area contributed by atoms with Gasteiger partial charge in [-0.1, -0.05) is 11.6 Å². The molecule has 0 atom stereocenters. The number of hydrogen-bond acceptors (Lipinski definition) is 4. The Hall–Kier alpha value is -1.89. The van der Waals surface area contributed by atoms with Crippen molar-refractivity contribution in [2.45, 2.75) is 13.1 Å². The number of halogens is 4. The molecule has 2 heterocycles. The van der Waals surface area contributed by atoms with Gasteiger partial charge in [-0.3, -0.25) is 4.98 Å². The molecule has 8 heteroatoms. The Morgan fingerprint density at radius 3 is 2.45 bits per heavy atom. The Labute approximate surface area is 117 Å². The molecule has 4 nitrogen and oxygen atoms in total. The zero-order chi connectivity index (χ0) is 14.9. The van der Waals surface area contributed by atoms with Crippen LogP contribution in [0.3, 0.4) is 0 Å². The van der Waals surface area contributed by atoms with E-state index >= 15 is 0 Å². The van der Waals surface area contributed by atoms with Crippen LogP contribution < -0.4 is 4.74 Å². The average molecular weight is 304 g/mol. The predicted molar refractivity (Wildman–Crippen MR) is 66.6 cm³/mol. The standard InChI is InChI=1S/C12H9ClF3N3O/c1-6-3-9(20-2)19-11(18-6)10-8(13)4-7(5-17-10)12(14,15)16/h3-5H,1-2H3. The fourth-order valence-electron chi connectivity index (χ4n) is 1.51. The summed E-state index contributed by atoms with van der Waals surface area (Å²) in [5.41, 5.74) is -0.267. The van der Waals surface area contributed by atoms with E-state index in [0.717, 1.165) is 6.07 Å². The molecule has 0 aliphatic carbocycles. The van der Waals surface area contributed by atoms with Crippen LogP contribution in [-0.2, 0) is 6.18 Å². The molecule has 0 spiro atoms. The summed E-state index contributed by atoms with van der Waals surface area (Å²) in [6, 6.07) is 2.38. The van der Waals surface area contributed by atoms with Crippen molar-refractivity contribution in [1.82, 2.24) is 15.0 Å². The first-order valence-corrected chi connectivity index (χ1v) is 5.82. The molecule has 0 amide bonds. The van der Waals surface area contributed by atoms with Crippen LogP contribution in [0.4, 0.5) is 13.2 Å². The van der Waals surface area contributed by atoms with Crippen LogP contribution in [0.1, 0.15) is 11.3 Å². The molecule has 0 saturated heterocycles. The van der Waals surface area contributed by atoms with E-state index in [1.54, 1.807) is 13.0 Å². The van der Waals surface area contributed by atoms with Crippen molar-refractivity contribution >= 4 is 11.6 Å². The molecule has 0 aliphatic heterocycles. The second-order valence-corrected chi connectivity index (χ2v) is 4.33. The number of nitrogens with zero attached hydrogens (tertiary/aromatic N) is 3. The maximum Gasteiger partial charge on any atom is 0.417 e. The second kappa shape index (κ2) is 5.24. The van der Waals surface area contributed by atoms with Gasteiger partial charge in [0.1, 0.15) is 5.69 Å². The molecule has 106 valence electrons. The topological polar surface area (TPSA) is 47.9 Å². The molecule has 0 unspecified atom stereocenters. The predicted octanol–water partition coefficient (Wildman–Crippen LogP) is 3.53.